The van der Waals surface area contributed by atoms with Gasteiger partial charge in [0.2, 0.25) is 0 Å². The molecule has 4 nitrogen and oxygen atoms in total. The molecule has 18 heavy (non-hydrogen) atoms. The van der Waals surface area contributed by atoms with E-state index in [4.69, 9.17) is 4.74 Å². The van der Waals surface area contributed by atoms with E-state index in [0.717, 1.165) is 24.8 Å². The molecule has 0 saturated carbocycles. The van der Waals surface area contributed by atoms with Crippen LogP contribution in [0.1, 0.15) is 35.3 Å². The standard InChI is InChI=1S/C13H16N2O2S/c1-17-8-12(16)15-13-10(7-14)9-5-3-2-4-6-11(9)18-13/h2-6,8H2,1H3,(H,15,16). The number of ether oxygens (including phenoxy) is 1. The molecular formula is C13H16N2O2S. The molecule has 0 fully saturated rings. The van der Waals surface area contributed by atoms with Gasteiger partial charge in [-0.3, -0.25) is 4.79 Å². The second kappa shape index (κ2) is 5.98. The molecule has 1 aromatic rings. The summed E-state index contributed by atoms with van der Waals surface area (Å²) in [4.78, 5) is 12.8. The molecule has 0 saturated heterocycles. The zero-order valence-corrected chi connectivity index (χ0v) is 11.2. The number of carbonyl (C=O) groups is 1. The van der Waals surface area contributed by atoms with Crippen molar-refractivity contribution in [1.82, 2.24) is 0 Å². The van der Waals surface area contributed by atoms with Crippen LogP contribution in [0.15, 0.2) is 0 Å². The SMILES string of the molecule is COCC(=O)Nc1sc2c(c1C#N)CCCCC2. The lowest BCUT2D eigenvalue weighted by molar-refractivity contribution is -0.119. The fourth-order valence-corrected chi connectivity index (χ4v) is 3.50. The number of hydrogen-bond acceptors (Lipinski definition) is 4. The number of nitriles is 1. The van der Waals surface area contributed by atoms with E-state index in [1.54, 1.807) is 11.3 Å². The second-order valence-electron chi connectivity index (χ2n) is 4.36. The van der Waals surface area contributed by atoms with E-state index in [1.807, 2.05) is 0 Å². The maximum atomic E-state index is 11.5. The van der Waals surface area contributed by atoms with E-state index in [-0.39, 0.29) is 12.5 Å². The molecule has 1 aliphatic carbocycles. The highest BCUT2D eigenvalue weighted by atomic mass is 32.1. The van der Waals surface area contributed by atoms with Crippen LogP contribution in [0, 0.1) is 11.3 Å². The van der Waals surface area contributed by atoms with Gasteiger partial charge in [-0.15, -0.1) is 11.3 Å². The topological polar surface area (TPSA) is 62.1 Å². The summed E-state index contributed by atoms with van der Waals surface area (Å²) in [7, 11) is 1.48. The molecule has 0 spiro atoms. The van der Waals surface area contributed by atoms with Crippen molar-refractivity contribution in [3.8, 4) is 6.07 Å². The van der Waals surface area contributed by atoms with Gasteiger partial charge in [0.05, 0.1) is 5.56 Å². The first-order valence-corrected chi connectivity index (χ1v) is 6.91. The predicted octanol–water partition coefficient (Wildman–Crippen LogP) is 2.47. The quantitative estimate of drug-likeness (QED) is 0.853. The molecule has 1 amide bonds. The number of amides is 1. The zero-order valence-electron chi connectivity index (χ0n) is 10.4. The highest BCUT2D eigenvalue weighted by Gasteiger charge is 2.20. The summed E-state index contributed by atoms with van der Waals surface area (Å²) in [5.74, 6) is -0.203. The minimum absolute atomic E-state index is 0.0213. The van der Waals surface area contributed by atoms with Crippen LogP contribution in [0.4, 0.5) is 5.00 Å². The summed E-state index contributed by atoms with van der Waals surface area (Å²) in [5.41, 5.74) is 1.80. The van der Waals surface area contributed by atoms with Crippen LogP contribution in [0.5, 0.6) is 0 Å². The Bertz CT molecular complexity index is 488. The molecule has 5 heteroatoms. The maximum absolute atomic E-state index is 11.5. The van der Waals surface area contributed by atoms with Crippen LogP contribution >= 0.6 is 11.3 Å². The molecule has 1 aliphatic rings. The summed E-state index contributed by atoms with van der Waals surface area (Å²) in [6, 6.07) is 2.23. The minimum Gasteiger partial charge on any atom is -0.375 e. The third kappa shape index (κ3) is 2.71. The lowest BCUT2D eigenvalue weighted by Gasteiger charge is -2.02. The second-order valence-corrected chi connectivity index (χ2v) is 5.47. The summed E-state index contributed by atoms with van der Waals surface area (Å²) in [5, 5.41) is 12.7. The van der Waals surface area contributed by atoms with Gasteiger partial charge in [0.15, 0.2) is 0 Å². The smallest absolute Gasteiger partial charge is 0.250 e. The Morgan fingerprint density at radius 1 is 1.44 bits per heavy atom. The molecule has 0 radical (unpaired) electrons. The molecule has 2 rings (SSSR count). The van der Waals surface area contributed by atoms with Gasteiger partial charge in [0, 0.05) is 12.0 Å². The zero-order chi connectivity index (χ0) is 13.0. The van der Waals surface area contributed by atoms with Crippen molar-refractivity contribution in [3.05, 3.63) is 16.0 Å². The third-order valence-corrected chi connectivity index (χ3v) is 4.27. The van der Waals surface area contributed by atoms with Gasteiger partial charge in [-0.2, -0.15) is 5.26 Å². The maximum Gasteiger partial charge on any atom is 0.250 e. The summed E-state index contributed by atoms with van der Waals surface area (Å²) in [6.45, 7) is 0.0213. The Hall–Kier alpha value is -1.38. The van der Waals surface area contributed by atoms with Gasteiger partial charge in [-0.05, 0) is 31.2 Å². The van der Waals surface area contributed by atoms with Gasteiger partial charge in [0.25, 0.3) is 5.91 Å². The third-order valence-electron chi connectivity index (χ3n) is 3.06. The van der Waals surface area contributed by atoms with Crippen molar-refractivity contribution >= 4 is 22.2 Å². The lowest BCUT2D eigenvalue weighted by Crippen LogP contribution is -2.16. The van der Waals surface area contributed by atoms with Crippen molar-refractivity contribution in [2.45, 2.75) is 32.1 Å². The van der Waals surface area contributed by atoms with E-state index < -0.39 is 0 Å². The van der Waals surface area contributed by atoms with Gasteiger partial charge < -0.3 is 10.1 Å². The van der Waals surface area contributed by atoms with E-state index in [1.165, 1.54) is 24.8 Å². The number of rotatable bonds is 3. The molecule has 0 aliphatic heterocycles. The fourth-order valence-electron chi connectivity index (χ4n) is 2.24. The van der Waals surface area contributed by atoms with E-state index in [0.29, 0.717) is 10.6 Å². The van der Waals surface area contributed by atoms with Crippen molar-refractivity contribution in [2.24, 2.45) is 0 Å². The molecule has 0 atom stereocenters. The average Bonchev–Trinajstić information content (AvgIpc) is 2.52. The summed E-state index contributed by atoms with van der Waals surface area (Å²) >= 11 is 1.54. The van der Waals surface area contributed by atoms with E-state index in [9.17, 15) is 10.1 Å². The first-order chi connectivity index (χ1) is 8.76. The van der Waals surface area contributed by atoms with Gasteiger partial charge in [0.1, 0.15) is 17.7 Å². The first-order valence-electron chi connectivity index (χ1n) is 6.09. The van der Waals surface area contributed by atoms with Crippen molar-refractivity contribution in [1.29, 1.82) is 5.26 Å². The van der Waals surface area contributed by atoms with Crippen LogP contribution in [0.3, 0.4) is 0 Å². The van der Waals surface area contributed by atoms with E-state index in [2.05, 4.69) is 11.4 Å². The minimum atomic E-state index is -0.203. The Balaban J connectivity index is 2.26. The Morgan fingerprint density at radius 3 is 2.94 bits per heavy atom. The largest absolute Gasteiger partial charge is 0.375 e. The molecule has 1 heterocycles. The van der Waals surface area contributed by atoms with Gasteiger partial charge in [-0.1, -0.05) is 6.42 Å². The highest BCUT2D eigenvalue weighted by molar-refractivity contribution is 7.16. The Morgan fingerprint density at radius 2 is 2.22 bits per heavy atom. The number of methoxy groups -OCH3 is 1. The van der Waals surface area contributed by atoms with Crippen LogP contribution in [-0.2, 0) is 22.4 Å². The van der Waals surface area contributed by atoms with Crippen LogP contribution in [0.2, 0.25) is 0 Å². The molecule has 1 N–H and O–H groups in total. The molecular weight excluding hydrogens is 248 g/mol. The van der Waals surface area contributed by atoms with E-state index >= 15 is 0 Å². The van der Waals surface area contributed by atoms with Crippen molar-refractivity contribution < 1.29 is 9.53 Å². The molecule has 0 aromatic carbocycles. The summed E-state index contributed by atoms with van der Waals surface area (Å²) < 4.78 is 4.78. The number of nitrogens with one attached hydrogen (secondary N) is 1. The fraction of sp³-hybridized carbons (Fsp3) is 0.538. The number of carbonyl (C=O) groups excluding carboxylic acids is 1. The lowest BCUT2D eigenvalue weighted by atomic mass is 10.1. The number of hydrogen-bond donors (Lipinski definition) is 1. The molecule has 0 bridgehead atoms. The number of aryl methyl sites for hydroxylation is 1. The highest BCUT2D eigenvalue weighted by Crippen LogP contribution is 2.36. The average molecular weight is 264 g/mol. The number of thiophene rings is 1. The monoisotopic (exact) mass is 264 g/mol. The molecule has 1 aromatic heterocycles. The Labute approximate surface area is 111 Å². The predicted molar refractivity (Wildman–Crippen MR) is 70.8 cm³/mol. The van der Waals surface area contributed by atoms with Crippen LogP contribution in [-0.4, -0.2) is 19.6 Å². The molecule has 96 valence electrons. The number of anilines is 1. The Kier molecular flexibility index (Phi) is 4.34. The van der Waals surface area contributed by atoms with Crippen LogP contribution < -0.4 is 5.32 Å². The summed E-state index contributed by atoms with van der Waals surface area (Å²) in [6.07, 6.45) is 5.50. The van der Waals surface area contributed by atoms with Crippen LogP contribution in [0.25, 0.3) is 0 Å². The van der Waals surface area contributed by atoms with Crippen molar-refractivity contribution in [2.75, 3.05) is 19.0 Å². The number of nitrogens with zero attached hydrogens (tertiary/aromatic N) is 1. The number of fused-ring (bicyclic) bond motifs is 1. The molecule has 0 unspecified atom stereocenters. The normalized spacial score (nSPS) is 14.4. The van der Waals surface area contributed by atoms with Gasteiger partial charge in [-0.25, -0.2) is 0 Å². The first kappa shape index (κ1) is 13.1. The van der Waals surface area contributed by atoms with Gasteiger partial charge >= 0.3 is 0 Å². The van der Waals surface area contributed by atoms with Crippen molar-refractivity contribution in [3.63, 3.8) is 0 Å².